The molecule has 1 saturated carbocycles. The van der Waals surface area contributed by atoms with Crippen LogP contribution in [0.2, 0.25) is 0 Å². The first-order valence-electron chi connectivity index (χ1n) is 3.22. The van der Waals surface area contributed by atoms with Crippen LogP contribution in [0, 0.1) is 0 Å². The van der Waals surface area contributed by atoms with Crippen molar-refractivity contribution in [1.29, 1.82) is 0 Å². The first-order chi connectivity index (χ1) is 4.38. The fourth-order valence-electron chi connectivity index (χ4n) is 0.983. The Morgan fingerprint density at radius 3 is 2.89 bits per heavy atom. The summed E-state index contributed by atoms with van der Waals surface area (Å²) in [5, 5.41) is 6.03. The highest BCUT2D eigenvalue weighted by Gasteiger charge is 2.31. The van der Waals surface area contributed by atoms with Crippen LogP contribution in [0.3, 0.4) is 0 Å². The van der Waals surface area contributed by atoms with E-state index in [-0.39, 0.29) is 0 Å². The van der Waals surface area contributed by atoms with Gasteiger partial charge in [-0.05, 0) is 19.8 Å². The zero-order chi connectivity index (χ0) is 6.27. The summed E-state index contributed by atoms with van der Waals surface area (Å²) in [4.78, 5) is 0. The van der Waals surface area contributed by atoms with E-state index < -0.39 is 0 Å². The number of hydrogen-bond acceptors (Lipinski definition) is 4. The van der Waals surface area contributed by atoms with Crippen molar-refractivity contribution in [3.8, 4) is 0 Å². The molecular weight excluding hydrogens is 116 g/mol. The van der Waals surface area contributed by atoms with Crippen LogP contribution in [0.25, 0.3) is 0 Å². The molecule has 2 aliphatic rings. The fourth-order valence-corrected chi connectivity index (χ4v) is 0.983. The van der Waals surface area contributed by atoms with Crippen LogP contribution in [0.4, 0.5) is 0 Å². The first kappa shape index (κ1) is 5.05. The topological polar surface area (TPSA) is 39.7 Å². The van der Waals surface area contributed by atoms with Gasteiger partial charge in [-0.25, -0.2) is 5.53 Å². The van der Waals surface area contributed by atoms with Gasteiger partial charge < -0.3 is 0 Å². The Balaban J connectivity index is 2.03. The van der Waals surface area contributed by atoms with Crippen LogP contribution < -0.4 is 11.1 Å². The number of hydrazone groups is 1. The smallest absolute Gasteiger partial charge is 0.139 e. The molecule has 2 N–H and O–H groups in total. The third kappa shape index (κ3) is 0.751. The monoisotopic (exact) mass is 126 g/mol. The van der Waals surface area contributed by atoms with Crippen LogP contribution in [0.5, 0.6) is 0 Å². The van der Waals surface area contributed by atoms with E-state index in [2.05, 4.69) is 21.2 Å². The lowest BCUT2D eigenvalue weighted by Gasteiger charge is -2.14. The summed E-state index contributed by atoms with van der Waals surface area (Å²) in [6.07, 6.45) is 2.59. The summed E-state index contributed by atoms with van der Waals surface area (Å²) in [7, 11) is 0. The van der Waals surface area contributed by atoms with Crippen molar-refractivity contribution >= 4 is 5.84 Å². The number of amidine groups is 1. The Hall–Kier alpha value is -0.770. The summed E-state index contributed by atoms with van der Waals surface area (Å²) in [5.74, 6) is 1.04. The molecule has 0 atom stereocenters. The van der Waals surface area contributed by atoms with Gasteiger partial charge >= 0.3 is 0 Å². The van der Waals surface area contributed by atoms with Crippen molar-refractivity contribution in [2.24, 2.45) is 5.10 Å². The molecule has 4 heteroatoms. The molecule has 0 aromatic heterocycles. The summed E-state index contributed by atoms with van der Waals surface area (Å²) >= 11 is 0. The van der Waals surface area contributed by atoms with E-state index in [1.54, 1.807) is 0 Å². The van der Waals surface area contributed by atoms with E-state index in [4.69, 9.17) is 0 Å². The highest BCUT2D eigenvalue weighted by atomic mass is 15.8. The SMILES string of the molecule is CC1=NNNN1C1CC1. The van der Waals surface area contributed by atoms with Crippen molar-refractivity contribution in [2.45, 2.75) is 25.8 Å². The number of nitrogens with one attached hydrogen (secondary N) is 2. The molecule has 2 rings (SSSR count). The van der Waals surface area contributed by atoms with Crippen LogP contribution >= 0.6 is 0 Å². The fraction of sp³-hybridized carbons (Fsp3) is 0.800. The Bertz CT molecular complexity index is 149. The summed E-state index contributed by atoms with van der Waals surface area (Å²) in [6.45, 7) is 1.99. The third-order valence-electron chi connectivity index (χ3n) is 1.65. The van der Waals surface area contributed by atoms with E-state index in [0.717, 1.165) is 5.84 Å². The Labute approximate surface area is 53.9 Å². The highest BCUT2D eigenvalue weighted by Crippen LogP contribution is 2.25. The molecule has 0 saturated heterocycles. The van der Waals surface area contributed by atoms with E-state index in [0.29, 0.717) is 6.04 Å². The molecule has 1 fully saturated rings. The Morgan fingerprint density at radius 1 is 1.67 bits per heavy atom. The lowest BCUT2D eigenvalue weighted by molar-refractivity contribution is 0.284. The van der Waals surface area contributed by atoms with Crippen molar-refractivity contribution in [1.82, 2.24) is 16.1 Å². The molecule has 0 amide bonds. The van der Waals surface area contributed by atoms with Crippen LogP contribution in [0.15, 0.2) is 5.10 Å². The minimum atomic E-state index is 0.698. The van der Waals surface area contributed by atoms with E-state index in [1.165, 1.54) is 12.8 Å². The van der Waals surface area contributed by atoms with Gasteiger partial charge in [0.1, 0.15) is 5.84 Å². The molecule has 4 nitrogen and oxygen atoms in total. The maximum Gasteiger partial charge on any atom is 0.139 e. The van der Waals surface area contributed by atoms with Gasteiger partial charge in [0.05, 0.1) is 0 Å². The molecule has 0 radical (unpaired) electrons. The number of rotatable bonds is 1. The highest BCUT2D eigenvalue weighted by molar-refractivity contribution is 5.80. The molecular formula is C5H10N4. The van der Waals surface area contributed by atoms with Gasteiger partial charge in [0.2, 0.25) is 0 Å². The minimum Gasteiger partial charge on any atom is -0.272 e. The first-order valence-corrected chi connectivity index (χ1v) is 3.22. The third-order valence-corrected chi connectivity index (χ3v) is 1.65. The predicted octanol–water partition coefficient (Wildman–Crippen LogP) is -0.193. The van der Waals surface area contributed by atoms with Gasteiger partial charge in [-0.2, -0.15) is 0 Å². The lowest BCUT2D eigenvalue weighted by atomic mass is 10.6. The molecule has 50 valence electrons. The zero-order valence-electron chi connectivity index (χ0n) is 5.39. The molecule has 1 heterocycles. The van der Waals surface area contributed by atoms with Crippen molar-refractivity contribution in [2.75, 3.05) is 0 Å². The van der Waals surface area contributed by atoms with E-state index in [9.17, 15) is 0 Å². The number of nitrogens with zero attached hydrogens (tertiary/aromatic N) is 2. The predicted molar refractivity (Wildman–Crippen MR) is 34.2 cm³/mol. The van der Waals surface area contributed by atoms with E-state index in [1.807, 2.05) is 6.92 Å². The van der Waals surface area contributed by atoms with Gasteiger partial charge in [0.15, 0.2) is 0 Å². The standard InChI is InChI=1S/C5H10N4/c1-4-6-7-8-9(4)5-2-3-5/h5,7-8H,2-3H2,1H3. The van der Waals surface area contributed by atoms with Crippen molar-refractivity contribution in [3.05, 3.63) is 0 Å². The Kier molecular flexibility index (Phi) is 0.900. The average molecular weight is 126 g/mol. The largest absolute Gasteiger partial charge is 0.272 e. The second-order valence-electron chi connectivity index (χ2n) is 2.48. The number of hydrogen-bond donors (Lipinski definition) is 2. The molecule has 0 aromatic rings. The van der Waals surface area contributed by atoms with Crippen LogP contribution in [0.1, 0.15) is 19.8 Å². The molecule has 9 heavy (non-hydrogen) atoms. The maximum absolute atomic E-state index is 3.96. The molecule has 0 spiro atoms. The second-order valence-corrected chi connectivity index (χ2v) is 2.48. The van der Waals surface area contributed by atoms with Gasteiger partial charge in [0.25, 0.3) is 0 Å². The van der Waals surface area contributed by atoms with Gasteiger partial charge in [-0.1, -0.05) is 0 Å². The van der Waals surface area contributed by atoms with E-state index >= 15 is 0 Å². The van der Waals surface area contributed by atoms with Crippen LogP contribution in [-0.2, 0) is 0 Å². The lowest BCUT2D eigenvalue weighted by Crippen LogP contribution is -2.41. The molecule has 0 aromatic carbocycles. The maximum atomic E-state index is 3.96. The quantitative estimate of drug-likeness (QED) is 0.511. The molecule has 0 bridgehead atoms. The number of hydrazine groups is 2. The molecule has 0 unspecified atom stereocenters. The molecule has 1 aliphatic carbocycles. The average Bonchev–Trinajstić information content (AvgIpc) is 2.58. The Morgan fingerprint density at radius 2 is 2.44 bits per heavy atom. The summed E-state index contributed by atoms with van der Waals surface area (Å²) in [5.41, 5.74) is 5.66. The normalized spacial score (nSPS) is 25.9. The second kappa shape index (κ2) is 1.60. The summed E-state index contributed by atoms with van der Waals surface area (Å²) < 4.78 is 0. The van der Waals surface area contributed by atoms with Crippen LogP contribution in [-0.4, -0.2) is 16.9 Å². The van der Waals surface area contributed by atoms with Gasteiger partial charge in [0, 0.05) is 6.04 Å². The molecule has 1 aliphatic heterocycles. The van der Waals surface area contributed by atoms with Gasteiger partial charge in [-0.3, -0.25) is 5.01 Å². The van der Waals surface area contributed by atoms with Gasteiger partial charge in [-0.15, -0.1) is 10.6 Å². The zero-order valence-corrected chi connectivity index (χ0v) is 5.39. The minimum absolute atomic E-state index is 0.698. The van der Waals surface area contributed by atoms with Crippen molar-refractivity contribution < 1.29 is 0 Å². The van der Waals surface area contributed by atoms with Crippen molar-refractivity contribution in [3.63, 3.8) is 0 Å². The summed E-state index contributed by atoms with van der Waals surface area (Å²) in [6, 6.07) is 0.698.